The van der Waals surface area contributed by atoms with Crippen molar-refractivity contribution in [1.29, 1.82) is 0 Å². The van der Waals surface area contributed by atoms with Gasteiger partial charge in [-0.2, -0.15) is 5.10 Å². The van der Waals surface area contributed by atoms with Crippen molar-refractivity contribution < 1.29 is 0 Å². The summed E-state index contributed by atoms with van der Waals surface area (Å²) < 4.78 is 2.50. The first kappa shape index (κ1) is 14.0. The number of rotatable bonds is 4. The number of benzene rings is 1. The van der Waals surface area contributed by atoms with Gasteiger partial charge in [0.15, 0.2) is 5.82 Å². The Morgan fingerprint density at radius 1 is 1.24 bits per heavy atom. The largest absolute Gasteiger partial charge is 0.380 e. The van der Waals surface area contributed by atoms with E-state index in [2.05, 4.69) is 36.3 Å². The maximum absolute atomic E-state index is 6.07. The second kappa shape index (κ2) is 6.24. The summed E-state index contributed by atoms with van der Waals surface area (Å²) in [5, 5.41) is 8.03. The molecule has 0 saturated carbocycles. The van der Waals surface area contributed by atoms with Crippen LogP contribution in [0.4, 0.5) is 5.69 Å². The van der Waals surface area contributed by atoms with Gasteiger partial charge in [0, 0.05) is 11.0 Å². The van der Waals surface area contributed by atoms with Gasteiger partial charge < -0.3 is 5.32 Å². The molecule has 0 bridgehead atoms. The number of nitrogens with zero attached hydrogens (tertiary/aromatic N) is 4. The van der Waals surface area contributed by atoms with Crippen molar-refractivity contribution in [2.24, 2.45) is 0 Å². The van der Waals surface area contributed by atoms with E-state index in [0.717, 1.165) is 21.5 Å². The molecule has 1 N–H and O–H groups in total. The average molecular weight is 365 g/mol. The predicted octanol–water partition coefficient (Wildman–Crippen LogP) is 3.69. The van der Waals surface area contributed by atoms with Crippen molar-refractivity contribution in [2.45, 2.75) is 6.54 Å². The van der Waals surface area contributed by atoms with E-state index in [0.29, 0.717) is 11.6 Å². The van der Waals surface area contributed by atoms with Crippen LogP contribution in [0.25, 0.3) is 5.82 Å². The zero-order valence-corrected chi connectivity index (χ0v) is 13.2. The Bertz CT molecular complexity index is 728. The minimum atomic E-state index is 0.678. The molecule has 0 unspecified atom stereocenters. The lowest BCUT2D eigenvalue weighted by Gasteiger charge is -2.08. The van der Waals surface area contributed by atoms with Gasteiger partial charge >= 0.3 is 0 Å². The molecule has 106 valence electrons. The van der Waals surface area contributed by atoms with E-state index in [9.17, 15) is 0 Å². The molecule has 0 spiro atoms. The highest BCUT2D eigenvalue weighted by molar-refractivity contribution is 9.10. The fourth-order valence-corrected chi connectivity index (χ4v) is 2.26. The molecule has 0 saturated heterocycles. The van der Waals surface area contributed by atoms with Crippen LogP contribution in [0.2, 0.25) is 5.02 Å². The third-order valence-electron chi connectivity index (χ3n) is 2.88. The summed E-state index contributed by atoms with van der Waals surface area (Å²) in [5.41, 5.74) is 2.03. The zero-order valence-electron chi connectivity index (χ0n) is 10.9. The molecule has 5 nitrogen and oxygen atoms in total. The SMILES string of the molecule is Clc1cc(CNc2ccc(-n3cncn3)nc2)ccc1Br. The molecule has 0 radical (unpaired) electrons. The molecule has 3 rings (SSSR count). The molecule has 0 aliphatic carbocycles. The highest BCUT2D eigenvalue weighted by atomic mass is 79.9. The lowest BCUT2D eigenvalue weighted by atomic mass is 10.2. The molecule has 1 aromatic carbocycles. The second-order valence-electron chi connectivity index (χ2n) is 4.35. The van der Waals surface area contributed by atoms with Crippen LogP contribution in [0.5, 0.6) is 0 Å². The number of hydrogen-bond acceptors (Lipinski definition) is 4. The topological polar surface area (TPSA) is 55.6 Å². The highest BCUT2D eigenvalue weighted by Gasteiger charge is 2.01. The summed E-state index contributed by atoms with van der Waals surface area (Å²) in [6, 6.07) is 9.71. The van der Waals surface area contributed by atoms with Crippen LogP contribution in [0.15, 0.2) is 53.7 Å². The van der Waals surface area contributed by atoms with Crippen LogP contribution in [0.1, 0.15) is 5.56 Å². The lowest BCUT2D eigenvalue weighted by molar-refractivity contribution is 0.845. The van der Waals surface area contributed by atoms with E-state index in [1.165, 1.54) is 6.33 Å². The number of hydrogen-bond donors (Lipinski definition) is 1. The van der Waals surface area contributed by atoms with Crippen molar-refractivity contribution in [3.8, 4) is 5.82 Å². The quantitative estimate of drug-likeness (QED) is 0.767. The van der Waals surface area contributed by atoms with Crippen LogP contribution in [-0.4, -0.2) is 19.7 Å². The van der Waals surface area contributed by atoms with Gasteiger partial charge in [-0.1, -0.05) is 17.7 Å². The summed E-state index contributed by atoms with van der Waals surface area (Å²) >= 11 is 9.45. The molecular formula is C14H11BrClN5. The van der Waals surface area contributed by atoms with Crippen LogP contribution in [-0.2, 0) is 6.54 Å². The van der Waals surface area contributed by atoms with Crippen LogP contribution < -0.4 is 5.32 Å². The van der Waals surface area contributed by atoms with Crippen molar-refractivity contribution in [1.82, 2.24) is 19.7 Å². The third-order valence-corrected chi connectivity index (χ3v) is 4.11. The Hall–Kier alpha value is -1.92. The normalized spacial score (nSPS) is 10.6. The first-order chi connectivity index (χ1) is 10.2. The molecule has 7 heteroatoms. The molecule has 0 aliphatic rings. The van der Waals surface area contributed by atoms with Crippen molar-refractivity contribution in [3.63, 3.8) is 0 Å². The number of halogens is 2. The van der Waals surface area contributed by atoms with Crippen LogP contribution in [0.3, 0.4) is 0 Å². The van der Waals surface area contributed by atoms with E-state index < -0.39 is 0 Å². The van der Waals surface area contributed by atoms with E-state index in [-0.39, 0.29) is 0 Å². The van der Waals surface area contributed by atoms with Gasteiger partial charge in [-0.05, 0) is 45.8 Å². The molecule has 21 heavy (non-hydrogen) atoms. The molecule has 2 aromatic heterocycles. The number of pyridine rings is 1. The van der Waals surface area contributed by atoms with E-state index in [1.54, 1.807) is 17.2 Å². The van der Waals surface area contributed by atoms with E-state index in [4.69, 9.17) is 11.6 Å². The first-order valence-electron chi connectivity index (χ1n) is 6.21. The molecule has 0 fully saturated rings. The maximum atomic E-state index is 6.07. The van der Waals surface area contributed by atoms with Crippen molar-refractivity contribution in [2.75, 3.05) is 5.32 Å². The lowest BCUT2D eigenvalue weighted by Crippen LogP contribution is -2.02. The minimum absolute atomic E-state index is 0.678. The Morgan fingerprint density at radius 3 is 2.81 bits per heavy atom. The van der Waals surface area contributed by atoms with Crippen molar-refractivity contribution in [3.05, 3.63) is 64.2 Å². The Kier molecular flexibility index (Phi) is 4.17. The zero-order chi connectivity index (χ0) is 14.7. The van der Waals surface area contributed by atoms with Gasteiger partial charge in [0.2, 0.25) is 0 Å². The van der Waals surface area contributed by atoms with Gasteiger partial charge in [0.25, 0.3) is 0 Å². The predicted molar refractivity (Wildman–Crippen MR) is 85.6 cm³/mol. The molecule has 0 aliphatic heterocycles. The van der Waals surface area contributed by atoms with E-state index in [1.807, 2.05) is 30.3 Å². The van der Waals surface area contributed by atoms with Crippen LogP contribution in [0, 0.1) is 0 Å². The van der Waals surface area contributed by atoms with Crippen LogP contribution >= 0.6 is 27.5 Å². The monoisotopic (exact) mass is 363 g/mol. The molecular weight excluding hydrogens is 354 g/mol. The van der Waals surface area contributed by atoms with Gasteiger partial charge in [0.1, 0.15) is 12.7 Å². The summed E-state index contributed by atoms with van der Waals surface area (Å²) in [6.07, 6.45) is 4.85. The minimum Gasteiger partial charge on any atom is -0.380 e. The second-order valence-corrected chi connectivity index (χ2v) is 5.61. The Balaban J connectivity index is 1.66. The summed E-state index contributed by atoms with van der Waals surface area (Å²) in [6.45, 7) is 0.678. The maximum Gasteiger partial charge on any atom is 0.155 e. The average Bonchev–Trinajstić information content (AvgIpc) is 3.03. The number of aromatic nitrogens is 4. The van der Waals surface area contributed by atoms with Gasteiger partial charge in [0.05, 0.1) is 16.9 Å². The van der Waals surface area contributed by atoms with Crippen molar-refractivity contribution >= 4 is 33.2 Å². The van der Waals surface area contributed by atoms with E-state index >= 15 is 0 Å². The van der Waals surface area contributed by atoms with Gasteiger partial charge in [-0.15, -0.1) is 0 Å². The summed E-state index contributed by atoms with van der Waals surface area (Å²) in [7, 11) is 0. The molecule has 0 atom stereocenters. The number of anilines is 1. The smallest absolute Gasteiger partial charge is 0.155 e. The standard InChI is InChI=1S/C14H11BrClN5/c15-12-3-1-10(5-13(12)16)6-18-11-2-4-14(19-7-11)21-9-17-8-20-21/h1-5,7-9,18H,6H2. The first-order valence-corrected chi connectivity index (χ1v) is 7.38. The number of nitrogens with one attached hydrogen (secondary N) is 1. The summed E-state index contributed by atoms with van der Waals surface area (Å²) in [5.74, 6) is 0.727. The third kappa shape index (κ3) is 3.40. The summed E-state index contributed by atoms with van der Waals surface area (Å²) in [4.78, 5) is 8.22. The Morgan fingerprint density at radius 2 is 2.14 bits per heavy atom. The van der Waals surface area contributed by atoms with Gasteiger partial charge in [-0.3, -0.25) is 0 Å². The highest BCUT2D eigenvalue weighted by Crippen LogP contribution is 2.23. The van der Waals surface area contributed by atoms with Gasteiger partial charge in [-0.25, -0.2) is 14.6 Å². The fraction of sp³-hybridized carbons (Fsp3) is 0.0714. The Labute approximate surface area is 135 Å². The molecule has 2 heterocycles. The molecule has 0 amide bonds. The molecule has 3 aromatic rings. The fourth-order valence-electron chi connectivity index (χ4n) is 1.81.